The van der Waals surface area contributed by atoms with Crippen molar-refractivity contribution in [1.82, 2.24) is 19.2 Å². The molecule has 1 atom stereocenters. The summed E-state index contributed by atoms with van der Waals surface area (Å²) in [4.78, 5) is 4.74. The summed E-state index contributed by atoms with van der Waals surface area (Å²) in [6, 6.07) is 8.22. The molecule has 108 valence electrons. The summed E-state index contributed by atoms with van der Waals surface area (Å²) in [5.74, 6) is 1.55. The molecule has 0 radical (unpaired) electrons. The lowest BCUT2D eigenvalue weighted by Gasteiger charge is -2.07. The van der Waals surface area contributed by atoms with Crippen LogP contribution in [0.1, 0.15) is 37.1 Å². The van der Waals surface area contributed by atoms with E-state index in [0.717, 1.165) is 23.6 Å². The van der Waals surface area contributed by atoms with Crippen LogP contribution in [0.25, 0.3) is 11.5 Å². The van der Waals surface area contributed by atoms with Gasteiger partial charge in [0.1, 0.15) is 5.65 Å². The number of nitrogens with two attached hydrogens (primary N) is 1. The zero-order valence-electron chi connectivity index (χ0n) is 12.1. The lowest BCUT2D eigenvalue weighted by atomic mass is 10.2. The van der Waals surface area contributed by atoms with E-state index in [9.17, 15) is 0 Å². The zero-order valence-corrected chi connectivity index (χ0v) is 12.1. The molecule has 0 saturated heterocycles. The minimum atomic E-state index is 0.0855. The number of hydrogen-bond donors (Lipinski definition) is 1. The fraction of sp³-hybridized carbons (Fsp3) is 0.375. The summed E-state index contributed by atoms with van der Waals surface area (Å²) in [5, 5.41) is 4.71. The number of fused-ring (bicyclic) bond motifs is 1. The van der Waals surface area contributed by atoms with Crippen LogP contribution < -0.4 is 5.73 Å². The first kappa shape index (κ1) is 12.6. The van der Waals surface area contributed by atoms with Gasteiger partial charge in [0.05, 0.1) is 11.4 Å². The van der Waals surface area contributed by atoms with Gasteiger partial charge in [0.15, 0.2) is 5.82 Å². The predicted octanol–water partition coefficient (Wildman–Crippen LogP) is 2.29. The number of rotatable bonds is 4. The van der Waals surface area contributed by atoms with Crippen LogP contribution in [-0.4, -0.2) is 25.2 Å². The molecule has 0 bridgehead atoms. The van der Waals surface area contributed by atoms with Gasteiger partial charge in [-0.25, -0.2) is 9.67 Å². The molecule has 1 saturated carbocycles. The Hall–Kier alpha value is -2.14. The van der Waals surface area contributed by atoms with E-state index >= 15 is 0 Å². The van der Waals surface area contributed by atoms with Gasteiger partial charge in [-0.05, 0) is 38.0 Å². The van der Waals surface area contributed by atoms with E-state index in [0.29, 0.717) is 5.92 Å². The molecular weight excluding hydrogens is 262 g/mol. The van der Waals surface area contributed by atoms with Gasteiger partial charge in [0, 0.05) is 30.8 Å². The van der Waals surface area contributed by atoms with Crippen molar-refractivity contribution in [1.29, 1.82) is 0 Å². The third-order valence-electron chi connectivity index (χ3n) is 3.95. The second-order valence-corrected chi connectivity index (χ2v) is 5.95. The quantitative estimate of drug-likeness (QED) is 0.798. The standard InChI is InChI=1S/C16H19N5/c1-11(17)10-14-16(18-15-4-2-3-8-20(14)15)21-9-7-13(19-21)12-5-6-12/h2-4,7-9,11-12H,5-6,10,17H2,1H3. The SMILES string of the molecule is CC(N)Cc1c(-n2ccc(C3CC3)n2)nc2ccccn12. The van der Waals surface area contributed by atoms with Gasteiger partial charge in [0.2, 0.25) is 0 Å². The van der Waals surface area contributed by atoms with Crippen molar-refractivity contribution in [3.8, 4) is 5.82 Å². The first-order valence-corrected chi connectivity index (χ1v) is 7.50. The molecule has 3 aromatic heterocycles. The van der Waals surface area contributed by atoms with Crippen LogP contribution in [-0.2, 0) is 6.42 Å². The van der Waals surface area contributed by atoms with Crippen molar-refractivity contribution in [2.24, 2.45) is 5.73 Å². The Morgan fingerprint density at radius 3 is 2.90 bits per heavy atom. The highest BCUT2D eigenvalue weighted by Gasteiger charge is 2.26. The summed E-state index contributed by atoms with van der Waals surface area (Å²) in [7, 11) is 0. The molecular formula is C16H19N5. The van der Waals surface area contributed by atoms with Crippen LogP contribution in [0.2, 0.25) is 0 Å². The van der Waals surface area contributed by atoms with Crippen LogP contribution in [0.15, 0.2) is 36.7 Å². The number of aromatic nitrogens is 4. The van der Waals surface area contributed by atoms with E-state index < -0.39 is 0 Å². The van der Waals surface area contributed by atoms with Crippen molar-refractivity contribution in [2.45, 2.75) is 38.1 Å². The molecule has 21 heavy (non-hydrogen) atoms. The molecule has 1 aliphatic rings. The zero-order chi connectivity index (χ0) is 14.4. The molecule has 4 rings (SSSR count). The van der Waals surface area contributed by atoms with Crippen LogP contribution in [0.3, 0.4) is 0 Å². The van der Waals surface area contributed by atoms with Crippen LogP contribution in [0, 0.1) is 0 Å². The highest BCUT2D eigenvalue weighted by Crippen LogP contribution is 2.39. The Morgan fingerprint density at radius 2 is 2.14 bits per heavy atom. The van der Waals surface area contributed by atoms with Gasteiger partial charge in [-0.3, -0.25) is 0 Å². The Kier molecular flexibility index (Phi) is 2.82. The van der Waals surface area contributed by atoms with Gasteiger partial charge in [-0.1, -0.05) is 6.07 Å². The lowest BCUT2D eigenvalue weighted by molar-refractivity contribution is 0.703. The lowest BCUT2D eigenvalue weighted by Crippen LogP contribution is -2.20. The summed E-state index contributed by atoms with van der Waals surface area (Å²) in [6.07, 6.45) is 7.35. The second-order valence-electron chi connectivity index (χ2n) is 5.95. The van der Waals surface area contributed by atoms with Crippen molar-refractivity contribution in [2.75, 3.05) is 0 Å². The first-order valence-electron chi connectivity index (χ1n) is 7.50. The van der Waals surface area contributed by atoms with Crippen molar-refractivity contribution >= 4 is 5.65 Å². The number of nitrogens with zero attached hydrogens (tertiary/aromatic N) is 4. The number of imidazole rings is 1. The molecule has 1 aliphatic carbocycles. The van der Waals surface area contributed by atoms with E-state index in [1.54, 1.807) is 0 Å². The van der Waals surface area contributed by atoms with Crippen LogP contribution in [0.4, 0.5) is 0 Å². The van der Waals surface area contributed by atoms with E-state index in [1.807, 2.05) is 42.2 Å². The smallest absolute Gasteiger partial charge is 0.175 e. The third-order valence-corrected chi connectivity index (χ3v) is 3.95. The van der Waals surface area contributed by atoms with Gasteiger partial charge >= 0.3 is 0 Å². The van der Waals surface area contributed by atoms with Crippen LogP contribution >= 0.6 is 0 Å². The number of pyridine rings is 1. The van der Waals surface area contributed by atoms with E-state index in [1.165, 1.54) is 18.5 Å². The molecule has 0 spiro atoms. The Bertz CT molecular complexity index is 779. The summed E-state index contributed by atoms with van der Waals surface area (Å²) in [6.45, 7) is 2.02. The number of hydrogen-bond acceptors (Lipinski definition) is 3. The van der Waals surface area contributed by atoms with Crippen molar-refractivity contribution in [3.63, 3.8) is 0 Å². The van der Waals surface area contributed by atoms with E-state index in [4.69, 9.17) is 15.8 Å². The molecule has 1 fully saturated rings. The molecule has 2 N–H and O–H groups in total. The normalized spacial score (nSPS) is 16.5. The maximum Gasteiger partial charge on any atom is 0.175 e. The van der Waals surface area contributed by atoms with Crippen molar-refractivity contribution < 1.29 is 0 Å². The van der Waals surface area contributed by atoms with Gasteiger partial charge in [-0.15, -0.1) is 0 Å². The average molecular weight is 281 g/mol. The fourth-order valence-corrected chi connectivity index (χ4v) is 2.77. The molecule has 5 nitrogen and oxygen atoms in total. The highest BCUT2D eigenvalue weighted by molar-refractivity contribution is 5.48. The molecule has 3 aromatic rings. The molecule has 5 heteroatoms. The maximum atomic E-state index is 6.01. The van der Waals surface area contributed by atoms with Crippen LogP contribution in [0.5, 0.6) is 0 Å². The summed E-state index contributed by atoms with van der Waals surface area (Å²) in [5.41, 5.74) is 9.25. The average Bonchev–Trinajstić information content (AvgIpc) is 3.09. The topological polar surface area (TPSA) is 61.1 Å². The first-order chi connectivity index (χ1) is 10.2. The molecule has 1 unspecified atom stereocenters. The Morgan fingerprint density at radius 1 is 1.29 bits per heavy atom. The van der Waals surface area contributed by atoms with Gasteiger partial charge in [0.25, 0.3) is 0 Å². The fourth-order valence-electron chi connectivity index (χ4n) is 2.77. The van der Waals surface area contributed by atoms with E-state index in [-0.39, 0.29) is 6.04 Å². The van der Waals surface area contributed by atoms with Crippen molar-refractivity contribution in [3.05, 3.63) is 48.0 Å². The second kappa shape index (κ2) is 4.70. The monoisotopic (exact) mass is 281 g/mol. The minimum Gasteiger partial charge on any atom is -0.328 e. The van der Waals surface area contributed by atoms with E-state index in [2.05, 4.69) is 10.5 Å². The van der Waals surface area contributed by atoms with Gasteiger partial charge in [-0.2, -0.15) is 5.10 Å². The molecule has 0 aliphatic heterocycles. The van der Waals surface area contributed by atoms with Gasteiger partial charge < -0.3 is 10.1 Å². The summed E-state index contributed by atoms with van der Waals surface area (Å²) < 4.78 is 4.01. The molecule has 3 heterocycles. The molecule has 0 amide bonds. The third kappa shape index (κ3) is 2.23. The summed E-state index contributed by atoms with van der Waals surface area (Å²) >= 11 is 0. The maximum absolute atomic E-state index is 6.01. The molecule has 0 aromatic carbocycles. The Labute approximate surface area is 123 Å². The highest BCUT2D eigenvalue weighted by atomic mass is 15.3. The minimum absolute atomic E-state index is 0.0855. The predicted molar refractivity (Wildman–Crippen MR) is 81.6 cm³/mol. The largest absolute Gasteiger partial charge is 0.328 e. The Balaban J connectivity index is 1.85.